The highest BCUT2D eigenvalue weighted by Gasteiger charge is 2.33. The molecule has 0 saturated carbocycles. The highest BCUT2D eigenvalue weighted by molar-refractivity contribution is 7.92. The summed E-state index contributed by atoms with van der Waals surface area (Å²) in [5, 5.41) is 3.35. The van der Waals surface area contributed by atoms with Crippen molar-refractivity contribution in [2.45, 2.75) is 31.3 Å². The maximum Gasteiger partial charge on any atom is 0.264 e. The van der Waals surface area contributed by atoms with Crippen LogP contribution in [0.4, 0.5) is 5.69 Å². The number of hydrogen-bond acceptors (Lipinski definition) is 5. The van der Waals surface area contributed by atoms with Crippen LogP contribution in [0.5, 0.6) is 11.5 Å². The van der Waals surface area contributed by atoms with Crippen LogP contribution in [0.25, 0.3) is 0 Å². The fourth-order valence-corrected chi connectivity index (χ4v) is 6.26. The van der Waals surface area contributed by atoms with Gasteiger partial charge < -0.3 is 15.0 Å². The number of ether oxygens (including phenoxy) is 1. The quantitative estimate of drug-likeness (QED) is 0.190. The molecule has 0 radical (unpaired) electrons. The zero-order valence-corrected chi connectivity index (χ0v) is 25.9. The summed E-state index contributed by atoms with van der Waals surface area (Å²) in [4.78, 5) is 28.2. The summed E-state index contributed by atoms with van der Waals surface area (Å²) < 4.78 is 34.8. The molecule has 0 unspecified atom stereocenters. The molecule has 8 nitrogen and oxygen atoms in total. The average molecular weight is 641 g/mol. The molecule has 0 aliphatic rings. The van der Waals surface area contributed by atoms with Gasteiger partial charge in [0.05, 0.1) is 10.6 Å². The Bertz CT molecular complexity index is 1630. The molecule has 4 rings (SSSR count). The second kappa shape index (κ2) is 14.4. The van der Waals surface area contributed by atoms with E-state index >= 15 is 0 Å². The molecule has 2 amide bonds. The molecule has 0 bridgehead atoms. The standard InChI is InChI=1S/C32H31Cl2N3O5S/c1-3-35-32(39)23(2)36(21-28-29(33)15-10-16-30(28)34)31(38)22-37(43(40,41)27-13-8-5-9-14-27)24-17-19-26(20-18-24)42-25-11-6-4-7-12-25/h4-20,23H,3,21-22H2,1-2H3,(H,35,39)/t23-/m1/s1. The summed E-state index contributed by atoms with van der Waals surface area (Å²) >= 11 is 12.8. The summed E-state index contributed by atoms with van der Waals surface area (Å²) in [5.74, 6) is 0.0726. The first-order valence-electron chi connectivity index (χ1n) is 13.5. The van der Waals surface area contributed by atoms with Crippen LogP contribution >= 0.6 is 23.2 Å². The van der Waals surface area contributed by atoms with Gasteiger partial charge >= 0.3 is 0 Å². The van der Waals surface area contributed by atoms with E-state index in [0.717, 1.165) is 4.31 Å². The molecule has 4 aromatic rings. The molecule has 11 heteroatoms. The summed E-state index contributed by atoms with van der Waals surface area (Å²) in [6.45, 7) is 2.98. The Labute approximate surface area is 261 Å². The molecule has 0 fully saturated rings. The van der Waals surface area contributed by atoms with Crippen LogP contribution in [-0.4, -0.2) is 44.3 Å². The number of halogens is 2. The third kappa shape index (κ3) is 7.87. The molecular formula is C32H31Cl2N3O5S. The summed E-state index contributed by atoms with van der Waals surface area (Å²) in [7, 11) is -4.21. The number of para-hydroxylation sites is 1. The fourth-order valence-electron chi connectivity index (χ4n) is 4.31. The van der Waals surface area contributed by atoms with E-state index in [1.54, 1.807) is 86.6 Å². The average Bonchev–Trinajstić information content (AvgIpc) is 3.01. The molecule has 0 aliphatic carbocycles. The van der Waals surface area contributed by atoms with Crippen LogP contribution in [0.3, 0.4) is 0 Å². The van der Waals surface area contributed by atoms with E-state index in [1.165, 1.54) is 17.0 Å². The number of hydrogen-bond donors (Lipinski definition) is 1. The van der Waals surface area contributed by atoms with Crippen molar-refractivity contribution in [2.75, 3.05) is 17.4 Å². The molecule has 4 aromatic carbocycles. The Balaban J connectivity index is 1.71. The normalized spacial score (nSPS) is 11.8. The van der Waals surface area contributed by atoms with E-state index in [9.17, 15) is 18.0 Å². The molecule has 224 valence electrons. The van der Waals surface area contributed by atoms with Gasteiger partial charge in [-0.2, -0.15) is 0 Å². The molecule has 1 N–H and O–H groups in total. The van der Waals surface area contributed by atoms with Crippen molar-refractivity contribution in [1.29, 1.82) is 0 Å². The van der Waals surface area contributed by atoms with E-state index in [1.807, 2.05) is 18.2 Å². The lowest BCUT2D eigenvalue weighted by Crippen LogP contribution is -2.51. The minimum absolute atomic E-state index is 0.00452. The lowest BCUT2D eigenvalue weighted by molar-refractivity contribution is -0.139. The van der Waals surface area contributed by atoms with E-state index in [0.29, 0.717) is 33.7 Å². The van der Waals surface area contributed by atoms with Gasteiger partial charge in [0.15, 0.2) is 0 Å². The first-order valence-corrected chi connectivity index (χ1v) is 15.7. The maximum atomic E-state index is 14.0. The predicted molar refractivity (Wildman–Crippen MR) is 169 cm³/mol. The Kier molecular flexibility index (Phi) is 10.7. The highest BCUT2D eigenvalue weighted by atomic mass is 35.5. The lowest BCUT2D eigenvalue weighted by atomic mass is 10.1. The second-order valence-electron chi connectivity index (χ2n) is 9.53. The SMILES string of the molecule is CCNC(=O)[C@@H](C)N(Cc1c(Cl)cccc1Cl)C(=O)CN(c1ccc(Oc2ccccc2)cc1)S(=O)(=O)c1ccccc1. The van der Waals surface area contributed by atoms with Gasteiger partial charge in [-0.1, -0.05) is 65.7 Å². The van der Waals surface area contributed by atoms with Crippen LogP contribution in [0.15, 0.2) is 108 Å². The van der Waals surface area contributed by atoms with Gasteiger partial charge in [-0.05, 0) is 74.5 Å². The van der Waals surface area contributed by atoms with Gasteiger partial charge in [-0.15, -0.1) is 0 Å². The van der Waals surface area contributed by atoms with Crippen LogP contribution < -0.4 is 14.4 Å². The number of nitrogens with one attached hydrogen (secondary N) is 1. The number of nitrogens with zero attached hydrogens (tertiary/aromatic N) is 2. The number of likely N-dealkylation sites (N-methyl/N-ethyl adjacent to an activating group) is 1. The Hall–Kier alpha value is -4.05. The Morgan fingerprint density at radius 1 is 0.814 bits per heavy atom. The maximum absolute atomic E-state index is 14.0. The van der Waals surface area contributed by atoms with Gasteiger partial charge in [0, 0.05) is 28.7 Å². The second-order valence-corrected chi connectivity index (χ2v) is 12.2. The van der Waals surface area contributed by atoms with Crippen molar-refractivity contribution in [2.24, 2.45) is 0 Å². The molecule has 0 saturated heterocycles. The van der Waals surface area contributed by atoms with Crippen molar-refractivity contribution in [3.63, 3.8) is 0 Å². The number of carbonyl (C=O) groups excluding carboxylic acids is 2. The fraction of sp³-hybridized carbons (Fsp3) is 0.188. The van der Waals surface area contributed by atoms with Crippen LogP contribution in [-0.2, 0) is 26.2 Å². The van der Waals surface area contributed by atoms with Crippen molar-refractivity contribution >= 4 is 50.7 Å². The molecule has 1 atom stereocenters. The third-order valence-electron chi connectivity index (χ3n) is 6.62. The summed E-state index contributed by atoms with van der Waals surface area (Å²) in [5.41, 5.74) is 0.675. The first kappa shape index (κ1) is 31.9. The number of amides is 2. The molecule has 0 aromatic heterocycles. The predicted octanol–water partition coefficient (Wildman–Crippen LogP) is 6.53. The largest absolute Gasteiger partial charge is 0.457 e. The third-order valence-corrected chi connectivity index (χ3v) is 9.12. The van der Waals surface area contributed by atoms with E-state index < -0.39 is 34.4 Å². The number of rotatable bonds is 12. The summed E-state index contributed by atoms with van der Waals surface area (Å²) in [6, 6.07) is 27.3. The van der Waals surface area contributed by atoms with Crippen molar-refractivity contribution in [3.8, 4) is 11.5 Å². The van der Waals surface area contributed by atoms with Crippen molar-refractivity contribution in [1.82, 2.24) is 10.2 Å². The zero-order chi connectivity index (χ0) is 31.0. The first-order chi connectivity index (χ1) is 20.6. The molecule has 0 spiro atoms. The number of benzene rings is 4. The van der Waals surface area contributed by atoms with Gasteiger partial charge in [0.1, 0.15) is 24.1 Å². The van der Waals surface area contributed by atoms with Gasteiger partial charge in [-0.25, -0.2) is 8.42 Å². The van der Waals surface area contributed by atoms with Crippen LogP contribution in [0.2, 0.25) is 10.0 Å². The van der Waals surface area contributed by atoms with Gasteiger partial charge in [-0.3, -0.25) is 13.9 Å². The minimum Gasteiger partial charge on any atom is -0.457 e. The van der Waals surface area contributed by atoms with E-state index in [4.69, 9.17) is 27.9 Å². The van der Waals surface area contributed by atoms with Crippen molar-refractivity contribution < 1.29 is 22.7 Å². The van der Waals surface area contributed by atoms with Crippen LogP contribution in [0, 0.1) is 0 Å². The molecular weight excluding hydrogens is 609 g/mol. The molecule has 0 aliphatic heterocycles. The van der Waals surface area contributed by atoms with Crippen molar-refractivity contribution in [3.05, 3.63) is 119 Å². The topological polar surface area (TPSA) is 96.0 Å². The lowest BCUT2D eigenvalue weighted by Gasteiger charge is -2.32. The zero-order valence-electron chi connectivity index (χ0n) is 23.6. The number of carbonyl (C=O) groups is 2. The molecule has 0 heterocycles. The minimum atomic E-state index is -4.21. The monoisotopic (exact) mass is 639 g/mol. The van der Waals surface area contributed by atoms with Gasteiger partial charge in [0.2, 0.25) is 11.8 Å². The highest BCUT2D eigenvalue weighted by Crippen LogP contribution is 2.30. The summed E-state index contributed by atoms with van der Waals surface area (Å²) in [6.07, 6.45) is 0. The van der Waals surface area contributed by atoms with E-state index in [-0.39, 0.29) is 17.1 Å². The Morgan fingerprint density at radius 2 is 1.37 bits per heavy atom. The van der Waals surface area contributed by atoms with E-state index in [2.05, 4.69) is 5.32 Å². The van der Waals surface area contributed by atoms with Gasteiger partial charge in [0.25, 0.3) is 10.0 Å². The number of sulfonamides is 1. The Morgan fingerprint density at radius 3 is 1.95 bits per heavy atom. The number of anilines is 1. The smallest absolute Gasteiger partial charge is 0.264 e. The van der Waals surface area contributed by atoms with Crippen LogP contribution in [0.1, 0.15) is 19.4 Å². The molecule has 43 heavy (non-hydrogen) atoms.